The molecule has 1 aromatic carbocycles. The third-order valence-corrected chi connectivity index (χ3v) is 2.92. The minimum absolute atomic E-state index is 0.137. The second kappa shape index (κ2) is 5.14. The van der Waals surface area contributed by atoms with Crippen LogP contribution in [0.2, 0.25) is 0 Å². The molecule has 0 bridgehead atoms. The molecule has 4 N–H and O–H groups in total. The fraction of sp³-hybridized carbons (Fsp3) is 0.417. The van der Waals surface area contributed by atoms with E-state index in [1.54, 1.807) is 0 Å². The van der Waals surface area contributed by atoms with Crippen molar-refractivity contribution < 1.29 is 19.4 Å². The number of carboxylic acid groups (broad SMARTS) is 1. The molecule has 1 saturated heterocycles. The van der Waals surface area contributed by atoms with E-state index in [1.165, 1.54) is 19.2 Å². The summed E-state index contributed by atoms with van der Waals surface area (Å²) in [5.74, 6) is -0.664. The first-order valence-corrected chi connectivity index (χ1v) is 5.68. The van der Waals surface area contributed by atoms with Crippen LogP contribution >= 0.6 is 0 Å². The summed E-state index contributed by atoms with van der Waals surface area (Å²) in [6, 6.07) is 2.90. The van der Waals surface area contributed by atoms with Crippen molar-refractivity contribution in [3.63, 3.8) is 0 Å². The number of rotatable bonds is 5. The minimum Gasteiger partial charge on any atom is -0.494 e. The Morgan fingerprint density at radius 2 is 2.39 bits per heavy atom. The molecular formula is C12H16N2O4. The normalized spacial score (nSPS) is 17.9. The van der Waals surface area contributed by atoms with Crippen molar-refractivity contribution in [1.29, 1.82) is 0 Å². The second-order valence-electron chi connectivity index (χ2n) is 4.11. The summed E-state index contributed by atoms with van der Waals surface area (Å²) in [7, 11) is 1.45. The molecule has 6 nitrogen and oxygen atoms in total. The summed E-state index contributed by atoms with van der Waals surface area (Å²) in [6.07, 6.45) is 1.17. The van der Waals surface area contributed by atoms with E-state index in [1.807, 2.05) is 0 Å². The van der Waals surface area contributed by atoms with Gasteiger partial charge in [0.2, 0.25) is 0 Å². The van der Waals surface area contributed by atoms with E-state index in [4.69, 9.17) is 20.3 Å². The Bertz CT molecular complexity index is 458. The number of hydrogen-bond acceptors (Lipinski definition) is 5. The number of carbonyl (C=O) groups is 1. The molecule has 1 aromatic rings. The second-order valence-corrected chi connectivity index (χ2v) is 4.11. The summed E-state index contributed by atoms with van der Waals surface area (Å²) < 4.78 is 10.3. The molecule has 98 valence electrons. The number of anilines is 2. The third kappa shape index (κ3) is 2.48. The Morgan fingerprint density at radius 3 is 2.89 bits per heavy atom. The van der Waals surface area contributed by atoms with E-state index >= 15 is 0 Å². The summed E-state index contributed by atoms with van der Waals surface area (Å²) in [6.45, 7) is 1.39. The minimum atomic E-state index is -1.02. The van der Waals surface area contributed by atoms with E-state index in [-0.39, 0.29) is 11.7 Å². The zero-order valence-electron chi connectivity index (χ0n) is 10.1. The molecule has 1 aliphatic heterocycles. The lowest BCUT2D eigenvalue weighted by Crippen LogP contribution is -2.33. The maximum Gasteiger partial charge on any atom is 0.335 e. The molecule has 0 aliphatic carbocycles. The number of hydrogen-bond donors (Lipinski definition) is 3. The molecule has 6 heteroatoms. The number of nitrogens with one attached hydrogen (secondary N) is 1. The maximum atomic E-state index is 11.0. The fourth-order valence-electron chi connectivity index (χ4n) is 1.73. The Morgan fingerprint density at radius 1 is 1.67 bits per heavy atom. The summed E-state index contributed by atoms with van der Waals surface area (Å²) in [4.78, 5) is 11.0. The van der Waals surface area contributed by atoms with Gasteiger partial charge in [-0.25, -0.2) is 4.79 Å². The Labute approximate surface area is 105 Å². The zero-order valence-corrected chi connectivity index (χ0v) is 10.1. The molecule has 1 heterocycles. The largest absolute Gasteiger partial charge is 0.494 e. The van der Waals surface area contributed by atoms with Crippen molar-refractivity contribution in [3.8, 4) is 5.75 Å². The van der Waals surface area contributed by atoms with Gasteiger partial charge in [-0.2, -0.15) is 0 Å². The number of carboxylic acids is 1. The highest BCUT2D eigenvalue weighted by Gasteiger charge is 2.19. The molecule has 0 aromatic heterocycles. The molecule has 1 aliphatic rings. The van der Waals surface area contributed by atoms with Crippen LogP contribution in [-0.4, -0.2) is 37.4 Å². The number of nitrogens with two attached hydrogens (primary N) is 1. The van der Waals surface area contributed by atoms with Crippen molar-refractivity contribution >= 4 is 17.3 Å². The van der Waals surface area contributed by atoms with Crippen molar-refractivity contribution in [2.75, 3.05) is 31.3 Å². The number of methoxy groups -OCH3 is 1. The van der Waals surface area contributed by atoms with Gasteiger partial charge in [-0.3, -0.25) is 0 Å². The lowest BCUT2D eigenvalue weighted by Gasteiger charge is -2.27. The third-order valence-electron chi connectivity index (χ3n) is 2.92. The Hall–Kier alpha value is -1.95. The van der Waals surface area contributed by atoms with Gasteiger partial charge in [0.15, 0.2) is 0 Å². The molecule has 0 radical (unpaired) electrons. The summed E-state index contributed by atoms with van der Waals surface area (Å²) >= 11 is 0. The van der Waals surface area contributed by atoms with Crippen molar-refractivity contribution in [1.82, 2.24) is 0 Å². The number of nitrogen functional groups attached to an aromatic ring is 1. The smallest absolute Gasteiger partial charge is 0.335 e. The first-order valence-electron chi connectivity index (χ1n) is 5.68. The standard InChI is InChI=1S/C12H16N2O4/c1-17-10-5-7(12(15)16)4-9(11(10)13)14-6-8-2-3-18-8/h4-5,8,14H,2-3,6,13H2,1H3,(H,15,16). The number of aromatic carboxylic acids is 1. The van der Waals surface area contributed by atoms with Gasteiger partial charge in [0.05, 0.1) is 30.2 Å². The van der Waals surface area contributed by atoms with E-state index < -0.39 is 5.97 Å². The SMILES string of the molecule is COc1cc(C(=O)O)cc(NCC2CCO2)c1N. The predicted molar refractivity (Wildman–Crippen MR) is 67.2 cm³/mol. The van der Waals surface area contributed by atoms with Crippen LogP contribution in [0.4, 0.5) is 11.4 Å². The van der Waals surface area contributed by atoms with E-state index in [9.17, 15) is 4.79 Å². The first-order chi connectivity index (χ1) is 8.61. The van der Waals surface area contributed by atoms with E-state index in [0.717, 1.165) is 13.0 Å². The lowest BCUT2D eigenvalue weighted by atomic mass is 10.1. The van der Waals surface area contributed by atoms with Gasteiger partial charge in [0, 0.05) is 13.2 Å². The van der Waals surface area contributed by atoms with Crippen LogP contribution in [0, 0.1) is 0 Å². The Balaban J connectivity index is 2.19. The highest BCUT2D eigenvalue weighted by molar-refractivity contribution is 5.92. The van der Waals surface area contributed by atoms with E-state index in [0.29, 0.717) is 23.7 Å². The highest BCUT2D eigenvalue weighted by atomic mass is 16.5. The summed E-state index contributed by atoms with van der Waals surface area (Å²) in [5, 5.41) is 12.1. The van der Waals surface area contributed by atoms with Crippen molar-refractivity contribution in [2.24, 2.45) is 0 Å². The number of ether oxygens (including phenoxy) is 2. The van der Waals surface area contributed by atoms with Gasteiger partial charge in [-0.15, -0.1) is 0 Å². The zero-order chi connectivity index (χ0) is 13.1. The maximum absolute atomic E-state index is 11.0. The van der Waals surface area contributed by atoms with Gasteiger partial charge >= 0.3 is 5.97 Å². The lowest BCUT2D eigenvalue weighted by molar-refractivity contribution is -0.0410. The van der Waals surface area contributed by atoms with Gasteiger partial charge in [-0.05, 0) is 18.6 Å². The molecule has 0 amide bonds. The molecular weight excluding hydrogens is 236 g/mol. The van der Waals surface area contributed by atoms with Gasteiger partial charge in [0.1, 0.15) is 5.75 Å². The Kier molecular flexibility index (Phi) is 3.57. The van der Waals surface area contributed by atoms with Crippen molar-refractivity contribution in [2.45, 2.75) is 12.5 Å². The van der Waals surface area contributed by atoms with Crippen LogP contribution in [0.3, 0.4) is 0 Å². The first kappa shape index (κ1) is 12.5. The fourth-order valence-corrected chi connectivity index (χ4v) is 1.73. The average molecular weight is 252 g/mol. The number of benzene rings is 1. The average Bonchev–Trinajstić information content (AvgIpc) is 2.28. The monoisotopic (exact) mass is 252 g/mol. The van der Waals surface area contributed by atoms with Crippen LogP contribution < -0.4 is 15.8 Å². The van der Waals surface area contributed by atoms with Crippen LogP contribution in [0.15, 0.2) is 12.1 Å². The molecule has 0 saturated carbocycles. The molecule has 18 heavy (non-hydrogen) atoms. The molecule has 1 unspecified atom stereocenters. The molecule has 1 fully saturated rings. The topological polar surface area (TPSA) is 93.8 Å². The van der Waals surface area contributed by atoms with Crippen LogP contribution in [0.5, 0.6) is 5.75 Å². The predicted octanol–water partition coefficient (Wildman–Crippen LogP) is 1.18. The van der Waals surface area contributed by atoms with E-state index in [2.05, 4.69) is 5.32 Å². The quantitative estimate of drug-likeness (QED) is 0.681. The van der Waals surface area contributed by atoms with Gasteiger partial charge in [0.25, 0.3) is 0 Å². The van der Waals surface area contributed by atoms with Crippen molar-refractivity contribution in [3.05, 3.63) is 17.7 Å². The molecule has 0 spiro atoms. The molecule has 2 rings (SSSR count). The van der Waals surface area contributed by atoms with Crippen LogP contribution in [0.1, 0.15) is 16.8 Å². The highest BCUT2D eigenvalue weighted by Crippen LogP contribution is 2.31. The summed E-state index contributed by atoms with van der Waals surface area (Å²) in [5.41, 5.74) is 6.99. The molecule has 1 atom stereocenters. The van der Waals surface area contributed by atoms with Crippen LogP contribution in [0.25, 0.3) is 0 Å². The van der Waals surface area contributed by atoms with Gasteiger partial charge < -0.3 is 25.6 Å². The van der Waals surface area contributed by atoms with Crippen LogP contribution in [-0.2, 0) is 4.74 Å². The van der Waals surface area contributed by atoms with Gasteiger partial charge in [-0.1, -0.05) is 0 Å².